The van der Waals surface area contributed by atoms with E-state index < -0.39 is 0 Å². The number of rotatable bonds is 4. The van der Waals surface area contributed by atoms with Gasteiger partial charge in [0.2, 0.25) is 0 Å². The first-order valence-electron chi connectivity index (χ1n) is 20.4. The molecule has 5 aromatic carbocycles. The van der Waals surface area contributed by atoms with Crippen LogP contribution >= 0.6 is 0 Å². The van der Waals surface area contributed by atoms with Crippen LogP contribution in [0.1, 0.15) is 90.2 Å². The van der Waals surface area contributed by atoms with Crippen LogP contribution in [0.4, 0.5) is 17.1 Å². The second-order valence-corrected chi connectivity index (χ2v) is 18.3. The van der Waals surface area contributed by atoms with E-state index in [1.165, 1.54) is 85.0 Å². The highest BCUT2D eigenvalue weighted by Crippen LogP contribution is 2.76. The highest BCUT2D eigenvalue weighted by atomic mass is 16.5. The summed E-state index contributed by atoms with van der Waals surface area (Å²) >= 11 is 0. The molecule has 1 aliphatic heterocycles. The molecule has 6 fully saturated rings. The van der Waals surface area contributed by atoms with Gasteiger partial charge in [0, 0.05) is 44.6 Å². The van der Waals surface area contributed by atoms with E-state index >= 15 is 0 Å². The number of ether oxygens (including phenoxy) is 1. The van der Waals surface area contributed by atoms with Gasteiger partial charge in [-0.05, 0) is 128 Å². The molecular formula is C50H51NO2. The third kappa shape index (κ3) is 4.10. The van der Waals surface area contributed by atoms with Crippen molar-refractivity contribution in [2.75, 3.05) is 4.90 Å². The average Bonchev–Trinajstić information content (AvgIpc) is 3.72. The minimum Gasteiger partial charge on any atom is -0.456 e. The van der Waals surface area contributed by atoms with Crippen molar-refractivity contribution in [1.82, 2.24) is 0 Å². The van der Waals surface area contributed by atoms with Crippen molar-refractivity contribution in [2.45, 2.75) is 90.3 Å². The van der Waals surface area contributed by atoms with Crippen LogP contribution < -0.4 is 4.90 Å². The van der Waals surface area contributed by atoms with Crippen LogP contribution in [0.5, 0.6) is 0 Å². The quantitative estimate of drug-likeness (QED) is 0.183. The Hall–Kier alpha value is -4.34. The monoisotopic (exact) mass is 697 g/mol. The number of nitrogens with zero attached hydrogens (tertiary/aromatic N) is 1. The molecule has 4 bridgehead atoms. The lowest BCUT2D eigenvalue weighted by atomic mass is 9.47. The minimum absolute atomic E-state index is 0.0395. The van der Waals surface area contributed by atoms with Gasteiger partial charge in [0.05, 0.1) is 5.69 Å². The van der Waals surface area contributed by atoms with Gasteiger partial charge < -0.3 is 14.1 Å². The zero-order valence-corrected chi connectivity index (χ0v) is 31.7. The van der Waals surface area contributed by atoms with Crippen LogP contribution in [-0.2, 0) is 15.9 Å². The smallest absolute Gasteiger partial charge is 0.137 e. The van der Waals surface area contributed by atoms with E-state index in [1.807, 2.05) is 0 Å². The summed E-state index contributed by atoms with van der Waals surface area (Å²) in [5.41, 5.74) is 10.3. The van der Waals surface area contributed by atoms with E-state index in [-0.39, 0.29) is 22.0 Å². The van der Waals surface area contributed by atoms with Crippen molar-refractivity contribution in [3.05, 3.63) is 126 Å². The van der Waals surface area contributed by atoms with E-state index in [0.29, 0.717) is 23.7 Å². The predicted octanol–water partition coefficient (Wildman–Crippen LogP) is 13.8. The molecule has 3 heteroatoms. The van der Waals surface area contributed by atoms with Crippen LogP contribution in [0.25, 0.3) is 33.1 Å². The first-order valence-corrected chi connectivity index (χ1v) is 20.4. The topological polar surface area (TPSA) is 25.6 Å². The van der Waals surface area contributed by atoms with E-state index in [2.05, 4.69) is 148 Å². The largest absolute Gasteiger partial charge is 0.456 e. The maximum Gasteiger partial charge on any atom is 0.137 e. The zero-order valence-electron chi connectivity index (χ0n) is 31.7. The lowest BCUT2D eigenvalue weighted by Gasteiger charge is -2.65. The summed E-state index contributed by atoms with van der Waals surface area (Å²) in [4.78, 5) is 2.50. The van der Waals surface area contributed by atoms with Gasteiger partial charge in [0.1, 0.15) is 22.4 Å². The summed E-state index contributed by atoms with van der Waals surface area (Å²) in [7, 11) is 0. The standard InChI is InChI=1S/C50H51NO2/c1-47(2)33-18-22-35(23-19-33)49(47)42-29-27-37(30-43(42)50(53-49)36-24-20-34(21-25-36)48(50,3)4)51(44-16-10-8-14-39(44)32-12-6-5-7-13-32)38-26-28-41-40-15-9-11-17-45(40)52-46(41)31-38/h5-17,26-31,33-36H,18-25H2,1-4H3. The molecule has 3 nitrogen and oxygen atoms in total. The van der Waals surface area contributed by atoms with Crippen molar-refractivity contribution in [3.63, 3.8) is 0 Å². The predicted molar refractivity (Wildman–Crippen MR) is 217 cm³/mol. The van der Waals surface area contributed by atoms with Crippen molar-refractivity contribution < 1.29 is 9.15 Å². The van der Waals surface area contributed by atoms with Gasteiger partial charge in [0.15, 0.2) is 0 Å². The highest BCUT2D eigenvalue weighted by molar-refractivity contribution is 6.06. The average molecular weight is 698 g/mol. The molecule has 2 unspecified atom stereocenters. The second-order valence-electron chi connectivity index (χ2n) is 18.3. The van der Waals surface area contributed by atoms with Crippen molar-refractivity contribution in [3.8, 4) is 11.1 Å². The molecule has 268 valence electrons. The third-order valence-electron chi connectivity index (χ3n) is 15.8. The fourth-order valence-corrected chi connectivity index (χ4v) is 13.1. The second kappa shape index (κ2) is 11.1. The SMILES string of the molecule is CC1(C)C2CCC(CC2)C12OC1(c3cc(N(c4ccc5c(c4)oc4ccccc45)c4ccccc4-c4ccccc4)ccc32)C2CCC(CC2)C1(C)C. The summed E-state index contributed by atoms with van der Waals surface area (Å²) in [5.74, 6) is 2.47. The first kappa shape index (κ1) is 32.1. The van der Waals surface area contributed by atoms with Gasteiger partial charge >= 0.3 is 0 Å². The normalized spacial score (nSPS) is 30.4. The summed E-state index contributed by atoms with van der Waals surface area (Å²) < 4.78 is 14.8. The van der Waals surface area contributed by atoms with Gasteiger partial charge in [0.25, 0.3) is 0 Å². The van der Waals surface area contributed by atoms with Crippen LogP contribution in [0.15, 0.2) is 120 Å². The molecule has 13 rings (SSSR count). The fourth-order valence-electron chi connectivity index (χ4n) is 13.1. The summed E-state index contributed by atoms with van der Waals surface area (Å²) in [6, 6.07) is 42.6. The van der Waals surface area contributed by atoms with Crippen LogP contribution in [0, 0.1) is 34.5 Å². The first-order chi connectivity index (χ1) is 25.7. The zero-order chi connectivity index (χ0) is 35.7. The lowest BCUT2D eigenvalue weighted by Crippen LogP contribution is -2.63. The number of para-hydroxylation sites is 2. The Morgan fingerprint density at radius 2 is 1.04 bits per heavy atom. The Balaban J connectivity index is 1.18. The highest BCUT2D eigenvalue weighted by Gasteiger charge is 2.74. The number of furan rings is 1. The molecule has 2 spiro atoms. The molecule has 0 amide bonds. The molecule has 6 saturated carbocycles. The van der Waals surface area contributed by atoms with Crippen molar-refractivity contribution in [2.24, 2.45) is 34.5 Å². The van der Waals surface area contributed by atoms with Gasteiger partial charge in [-0.15, -0.1) is 0 Å². The molecule has 53 heavy (non-hydrogen) atoms. The number of hydrogen-bond acceptors (Lipinski definition) is 3. The minimum atomic E-state index is -0.304. The van der Waals surface area contributed by atoms with Gasteiger partial charge in [-0.2, -0.15) is 0 Å². The molecular weight excluding hydrogens is 647 g/mol. The maximum absolute atomic E-state index is 8.28. The summed E-state index contributed by atoms with van der Waals surface area (Å²) in [5, 5.41) is 2.31. The maximum atomic E-state index is 8.28. The molecule has 7 aliphatic rings. The summed E-state index contributed by atoms with van der Waals surface area (Å²) in [6.07, 6.45) is 10.4. The Bertz CT molecular complexity index is 2390. The van der Waals surface area contributed by atoms with Gasteiger partial charge in [-0.3, -0.25) is 0 Å². The lowest BCUT2D eigenvalue weighted by molar-refractivity contribution is -0.331. The Kier molecular flexibility index (Phi) is 6.73. The Morgan fingerprint density at radius 3 is 1.74 bits per heavy atom. The molecule has 2 heterocycles. The molecule has 2 atom stereocenters. The third-order valence-corrected chi connectivity index (χ3v) is 15.8. The Labute approximate surface area is 314 Å². The molecule has 0 N–H and O–H groups in total. The Morgan fingerprint density at radius 1 is 0.491 bits per heavy atom. The van der Waals surface area contributed by atoms with E-state index in [9.17, 15) is 0 Å². The molecule has 0 saturated heterocycles. The molecule has 6 aliphatic carbocycles. The van der Waals surface area contributed by atoms with Crippen molar-refractivity contribution in [1.29, 1.82) is 0 Å². The molecule has 0 radical (unpaired) electrons. The number of anilines is 3. The van der Waals surface area contributed by atoms with Crippen molar-refractivity contribution >= 4 is 39.0 Å². The van der Waals surface area contributed by atoms with E-state index in [0.717, 1.165) is 27.6 Å². The number of hydrogen-bond donors (Lipinski definition) is 0. The van der Waals surface area contributed by atoms with Gasteiger partial charge in [-0.1, -0.05) is 100 Å². The van der Waals surface area contributed by atoms with E-state index in [4.69, 9.17) is 9.15 Å². The van der Waals surface area contributed by atoms with E-state index in [1.54, 1.807) is 0 Å². The van der Waals surface area contributed by atoms with Crippen LogP contribution in [0.2, 0.25) is 0 Å². The fraction of sp³-hybridized carbons (Fsp3) is 0.400. The summed E-state index contributed by atoms with van der Waals surface area (Å²) in [6.45, 7) is 10.3. The van der Waals surface area contributed by atoms with Crippen LogP contribution in [-0.4, -0.2) is 0 Å². The molecule has 6 aromatic rings. The number of fused-ring (bicyclic) bond motifs is 8. The number of benzene rings is 5. The molecule has 1 aromatic heterocycles. The van der Waals surface area contributed by atoms with Gasteiger partial charge in [-0.25, -0.2) is 0 Å². The van der Waals surface area contributed by atoms with Crippen LogP contribution in [0.3, 0.4) is 0 Å².